The monoisotopic (exact) mass is 412 g/mol. The van der Waals surface area contributed by atoms with Crippen LogP contribution in [0.1, 0.15) is 57.2 Å². The van der Waals surface area contributed by atoms with Crippen LogP contribution < -0.4 is 5.32 Å². The van der Waals surface area contributed by atoms with Crippen LogP contribution in [-0.2, 0) is 9.53 Å². The first-order valence-corrected chi connectivity index (χ1v) is 10.3. The van der Waals surface area contributed by atoms with Crippen LogP contribution in [0.15, 0.2) is 18.5 Å². The minimum absolute atomic E-state index is 0.495. The summed E-state index contributed by atoms with van der Waals surface area (Å²) in [6.07, 6.45) is 17.9. The predicted molar refractivity (Wildman–Crippen MR) is 118 cm³/mol. The first kappa shape index (κ1) is 23.4. The van der Waals surface area contributed by atoms with Crippen LogP contribution in [0.2, 0.25) is 0 Å². The van der Waals surface area contributed by atoms with Gasteiger partial charge in [-0.3, -0.25) is 4.40 Å². The highest BCUT2D eigenvalue weighted by Crippen LogP contribution is 2.32. The molecule has 0 atom stereocenters. The molecule has 0 saturated heterocycles. The molecule has 162 valence electrons. The maximum Gasteiger partial charge on any atom is 0.179 e. The number of aromatic nitrogens is 5. The number of nitrogens with zero attached hydrogens (tertiary/aromatic N) is 4. The van der Waals surface area contributed by atoms with Crippen LogP contribution in [0.5, 0.6) is 0 Å². The van der Waals surface area contributed by atoms with Crippen molar-refractivity contribution in [3.63, 3.8) is 0 Å². The summed E-state index contributed by atoms with van der Waals surface area (Å²) in [5.41, 5.74) is 2.79. The van der Waals surface area contributed by atoms with Crippen LogP contribution in [-0.4, -0.2) is 51.6 Å². The smallest absolute Gasteiger partial charge is 0.179 e. The second-order valence-corrected chi connectivity index (χ2v) is 7.56. The summed E-state index contributed by atoms with van der Waals surface area (Å²) >= 11 is 0. The van der Waals surface area contributed by atoms with E-state index in [0.717, 1.165) is 28.6 Å². The summed E-state index contributed by atoms with van der Waals surface area (Å²) in [5.74, 6) is 2.66. The Labute approximate surface area is 177 Å². The number of fused-ring (bicyclic) bond motifs is 3. The number of terminal acetylenes is 1. The zero-order chi connectivity index (χ0) is 21.9. The molecule has 3 heterocycles. The fraction of sp³-hybridized carbons (Fsp3) is 0.545. The van der Waals surface area contributed by atoms with Crippen LogP contribution in [0.25, 0.3) is 16.8 Å². The summed E-state index contributed by atoms with van der Waals surface area (Å²) in [6.45, 7) is 4.28. The molecule has 2 fully saturated rings. The van der Waals surface area contributed by atoms with Crippen LogP contribution in [0.3, 0.4) is 0 Å². The SMILES string of the molecule is C#COC.C=O.CC1CC1.CNC1CCC(c2nnc3cnc4[nH]ccc4n23)CC1. The maximum absolute atomic E-state index is 8.00. The molecule has 0 spiro atoms. The highest BCUT2D eigenvalue weighted by Gasteiger charge is 2.25. The summed E-state index contributed by atoms with van der Waals surface area (Å²) in [7, 11) is 3.49. The summed E-state index contributed by atoms with van der Waals surface area (Å²) in [5, 5.41) is 12.1. The first-order valence-electron chi connectivity index (χ1n) is 10.3. The van der Waals surface area contributed by atoms with E-state index in [9.17, 15) is 0 Å². The lowest BCUT2D eigenvalue weighted by Gasteiger charge is -2.27. The van der Waals surface area contributed by atoms with Crippen molar-refractivity contribution in [3.8, 4) is 12.5 Å². The van der Waals surface area contributed by atoms with Gasteiger partial charge in [0.1, 0.15) is 18.7 Å². The molecule has 3 aromatic heterocycles. The molecule has 0 unspecified atom stereocenters. The fourth-order valence-electron chi connectivity index (χ4n) is 3.47. The van der Waals surface area contributed by atoms with Crippen molar-refractivity contribution in [2.75, 3.05) is 14.2 Å². The van der Waals surface area contributed by atoms with E-state index >= 15 is 0 Å². The minimum atomic E-state index is 0.495. The Morgan fingerprint density at radius 3 is 2.40 bits per heavy atom. The number of ether oxygens (including phenoxy) is 1. The van der Waals surface area contributed by atoms with Crippen molar-refractivity contribution >= 4 is 23.6 Å². The number of rotatable bonds is 2. The first-order chi connectivity index (χ1) is 14.7. The molecule has 0 amide bonds. The zero-order valence-electron chi connectivity index (χ0n) is 18.1. The average Bonchev–Trinajstić information content (AvgIpc) is 3.27. The number of methoxy groups -OCH3 is 1. The van der Waals surface area contributed by atoms with Gasteiger partial charge in [-0.2, -0.15) is 0 Å². The Morgan fingerprint density at radius 1 is 1.23 bits per heavy atom. The third-order valence-corrected chi connectivity index (χ3v) is 5.45. The van der Waals surface area contributed by atoms with Gasteiger partial charge in [-0.25, -0.2) is 4.98 Å². The molecule has 5 rings (SSSR count). The molecule has 2 saturated carbocycles. The Balaban J connectivity index is 0.000000269. The van der Waals surface area contributed by atoms with Crippen LogP contribution in [0.4, 0.5) is 0 Å². The topological polar surface area (TPSA) is 97.2 Å². The van der Waals surface area contributed by atoms with Crippen LogP contribution in [0, 0.1) is 18.4 Å². The van der Waals surface area contributed by atoms with E-state index < -0.39 is 0 Å². The maximum atomic E-state index is 8.00. The number of hydrogen-bond donors (Lipinski definition) is 2. The van der Waals surface area contributed by atoms with Gasteiger partial charge in [0, 0.05) is 18.2 Å². The second kappa shape index (κ2) is 11.9. The standard InChI is InChI=1S/C14H18N6.C4H8.C3H4O.CH2O/c1-15-10-4-2-9(3-5-10)14-19-18-12-8-17-13-11(20(12)14)6-7-16-13;1-4-2-3-4;1-3-4-2;1-2/h6-10,15-16H,2-5H2,1H3;4H,2-3H2,1H3;1H,2H3;1H2. The largest absolute Gasteiger partial charge is 0.450 e. The lowest BCUT2D eigenvalue weighted by atomic mass is 9.85. The van der Waals surface area contributed by atoms with Gasteiger partial charge < -0.3 is 19.8 Å². The van der Waals surface area contributed by atoms with Gasteiger partial charge in [0.15, 0.2) is 11.3 Å². The number of hydrogen-bond acceptors (Lipinski definition) is 6. The number of aromatic amines is 1. The second-order valence-electron chi connectivity index (χ2n) is 7.56. The fourth-order valence-corrected chi connectivity index (χ4v) is 3.47. The molecule has 0 radical (unpaired) electrons. The molecular weight excluding hydrogens is 380 g/mol. The summed E-state index contributed by atoms with van der Waals surface area (Å²) in [6, 6.07) is 2.70. The molecule has 0 aliphatic heterocycles. The van der Waals surface area contributed by atoms with E-state index in [1.165, 1.54) is 45.6 Å². The molecule has 3 aromatic rings. The molecule has 2 aliphatic rings. The van der Waals surface area contributed by atoms with Gasteiger partial charge >= 0.3 is 0 Å². The highest BCUT2D eigenvalue weighted by atomic mass is 16.5. The molecule has 8 nitrogen and oxygen atoms in total. The third-order valence-electron chi connectivity index (χ3n) is 5.45. The van der Waals surface area contributed by atoms with Crippen LogP contribution >= 0.6 is 0 Å². The molecule has 0 bridgehead atoms. The Bertz CT molecular complexity index is 932. The van der Waals surface area contributed by atoms with E-state index in [1.807, 2.05) is 32.2 Å². The number of nitrogens with one attached hydrogen (secondary N) is 2. The van der Waals surface area contributed by atoms with E-state index in [1.54, 1.807) is 6.20 Å². The van der Waals surface area contributed by atoms with Crippen molar-refractivity contribution in [1.82, 2.24) is 29.9 Å². The zero-order valence-corrected chi connectivity index (χ0v) is 18.1. The Hall–Kier alpha value is -2.92. The minimum Gasteiger partial charge on any atom is -0.450 e. The molecule has 8 heteroatoms. The van der Waals surface area contributed by atoms with Gasteiger partial charge in [-0.1, -0.05) is 26.2 Å². The van der Waals surface area contributed by atoms with E-state index in [0.29, 0.717) is 12.0 Å². The van der Waals surface area contributed by atoms with Gasteiger partial charge in [0.2, 0.25) is 0 Å². The third kappa shape index (κ3) is 6.04. The Morgan fingerprint density at radius 2 is 1.87 bits per heavy atom. The highest BCUT2D eigenvalue weighted by molar-refractivity contribution is 5.74. The predicted octanol–water partition coefficient (Wildman–Crippen LogP) is 3.31. The number of carbonyl (C=O) groups is 1. The summed E-state index contributed by atoms with van der Waals surface area (Å²) < 4.78 is 6.23. The van der Waals surface area contributed by atoms with Gasteiger partial charge in [-0.15, -0.1) is 10.2 Å². The lowest BCUT2D eigenvalue weighted by molar-refractivity contribution is -0.0979. The van der Waals surface area contributed by atoms with Crippen molar-refractivity contribution in [2.24, 2.45) is 5.92 Å². The molecule has 2 aliphatic carbocycles. The van der Waals surface area contributed by atoms with Crippen molar-refractivity contribution in [3.05, 3.63) is 24.3 Å². The van der Waals surface area contributed by atoms with Crippen molar-refractivity contribution in [2.45, 2.75) is 57.4 Å². The lowest BCUT2D eigenvalue weighted by Crippen LogP contribution is -2.30. The van der Waals surface area contributed by atoms with E-state index in [-0.39, 0.29) is 0 Å². The normalized spacial score (nSPS) is 19.9. The van der Waals surface area contributed by atoms with E-state index in [2.05, 4.69) is 48.0 Å². The van der Waals surface area contributed by atoms with Gasteiger partial charge in [0.05, 0.1) is 18.8 Å². The molecule has 2 N–H and O–H groups in total. The molecular formula is C22H32N6O2. The van der Waals surface area contributed by atoms with Crippen molar-refractivity contribution < 1.29 is 9.53 Å². The molecule has 0 aromatic carbocycles. The average molecular weight is 413 g/mol. The quantitative estimate of drug-likeness (QED) is 0.627. The van der Waals surface area contributed by atoms with Gasteiger partial charge in [0.25, 0.3) is 0 Å². The van der Waals surface area contributed by atoms with E-state index in [4.69, 9.17) is 4.79 Å². The molecule has 30 heavy (non-hydrogen) atoms. The van der Waals surface area contributed by atoms with Gasteiger partial charge in [-0.05, 0) is 44.7 Å². The number of H-pyrrole nitrogens is 1. The summed E-state index contributed by atoms with van der Waals surface area (Å²) in [4.78, 5) is 15.5. The number of carbonyl (C=O) groups excluding carboxylic acids is 1. The van der Waals surface area contributed by atoms with Crippen molar-refractivity contribution in [1.29, 1.82) is 0 Å². The Kier molecular flexibility index (Phi) is 9.29.